The summed E-state index contributed by atoms with van der Waals surface area (Å²) in [5, 5.41) is 11.3. The van der Waals surface area contributed by atoms with Gasteiger partial charge in [-0.1, -0.05) is 66.2 Å². The Kier molecular flexibility index (Phi) is 4.67. The molecule has 1 aliphatic rings. The van der Waals surface area contributed by atoms with Crippen LogP contribution in [0.15, 0.2) is 84.6 Å². The van der Waals surface area contributed by atoms with Gasteiger partial charge in [0, 0.05) is 16.8 Å². The molecule has 5 nitrogen and oxygen atoms in total. The molecule has 4 rings (SSSR count). The summed E-state index contributed by atoms with van der Waals surface area (Å²) in [6.45, 7) is 0. The summed E-state index contributed by atoms with van der Waals surface area (Å²) in [4.78, 5) is 31.3. The monoisotopic (exact) mass is 390 g/mol. The third-order valence-electron chi connectivity index (χ3n) is 4.59. The highest BCUT2D eigenvalue weighted by molar-refractivity contribution is 6.51. The zero-order valence-electron chi connectivity index (χ0n) is 14.6. The minimum atomic E-state index is -0.885. The number of aliphatic hydroxyl groups is 1. The number of amides is 1. The molecule has 0 radical (unpaired) electrons. The van der Waals surface area contributed by atoms with Crippen LogP contribution >= 0.6 is 11.6 Å². The lowest BCUT2D eigenvalue weighted by atomic mass is 9.95. The molecule has 2 heterocycles. The molecule has 0 saturated carbocycles. The summed E-state index contributed by atoms with van der Waals surface area (Å²) in [5.74, 6) is -1.48. The van der Waals surface area contributed by atoms with Crippen molar-refractivity contribution in [2.45, 2.75) is 6.04 Å². The van der Waals surface area contributed by atoms with E-state index in [0.717, 1.165) is 0 Å². The summed E-state index contributed by atoms with van der Waals surface area (Å²) in [6.07, 6.45) is 1.54. The van der Waals surface area contributed by atoms with Crippen molar-refractivity contribution in [2.24, 2.45) is 0 Å². The summed E-state index contributed by atoms with van der Waals surface area (Å²) in [5.41, 5.74) is 0.958. The van der Waals surface area contributed by atoms with Gasteiger partial charge in [0.2, 0.25) is 0 Å². The average molecular weight is 391 g/mol. The van der Waals surface area contributed by atoms with Gasteiger partial charge in [-0.3, -0.25) is 14.5 Å². The number of benzene rings is 2. The molecule has 1 aliphatic heterocycles. The normalized spacial score (nSPS) is 18.5. The second kappa shape index (κ2) is 7.29. The van der Waals surface area contributed by atoms with Crippen molar-refractivity contribution in [1.29, 1.82) is 0 Å². The third kappa shape index (κ3) is 2.96. The zero-order valence-corrected chi connectivity index (χ0v) is 15.4. The first-order valence-electron chi connectivity index (χ1n) is 8.61. The van der Waals surface area contributed by atoms with Gasteiger partial charge in [-0.25, -0.2) is 4.98 Å². The Morgan fingerprint density at radius 3 is 2.29 bits per heavy atom. The minimum Gasteiger partial charge on any atom is -0.507 e. The van der Waals surface area contributed by atoms with Crippen LogP contribution in [-0.2, 0) is 9.59 Å². The Balaban J connectivity index is 1.98. The number of aliphatic hydroxyl groups excluding tert-OH is 1. The Labute approximate surface area is 166 Å². The minimum absolute atomic E-state index is 0.0186. The van der Waals surface area contributed by atoms with Gasteiger partial charge in [-0.15, -0.1) is 0 Å². The van der Waals surface area contributed by atoms with Crippen LogP contribution in [-0.4, -0.2) is 21.8 Å². The average Bonchev–Trinajstić information content (AvgIpc) is 3.00. The van der Waals surface area contributed by atoms with Crippen molar-refractivity contribution in [2.75, 3.05) is 4.90 Å². The van der Waals surface area contributed by atoms with Gasteiger partial charge in [-0.05, 0) is 23.8 Å². The zero-order chi connectivity index (χ0) is 19.7. The van der Waals surface area contributed by atoms with Crippen LogP contribution < -0.4 is 4.90 Å². The lowest BCUT2D eigenvalue weighted by Gasteiger charge is -2.25. The van der Waals surface area contributed by atoms with Crippen molar-refractivity contribution in [3.63, 3.8) is 0 Å². The number of carbonyl (C=O) groups is 2. The van der Waals surface area contributed by atoms with Crippen LogP contribution in [0.3, 0.4) is 0 Å². The van der Waals surface area contributed by atoms with Crippen LogP contribution in [0.1, 0.15) is 17.2 Å². The predicted molar refractivity (Wildman–Crippen MR) is 107 cm³/mol. The maximum Gasteiger partial charge on any atom is 0.301 e. The topological polar surface area (TPSA) is 70.5 Å². The molecule has 1 amide bonds. The number of hydrogen-bond acceptors (Lipinski definition) is 4. The van der Waals surface area contributed by atoms with Gasteiger partial charge >= 0.3 is 5.91 Å². The van der Waals surface area contributed by atoms with E-state index in [1.165, 1.54) is 11.1 Å². The van der Waals surface area contributed by atoms with Crippen LogP contribution in [0.2, 0.25) is 5.02 Å². The van der Waals surface area contributed by atoms with Gasteiger partial charge < -0.3 is 5.11 Å². The van der Waals surface area contributed by atoms with Crippen LogP contribution in [0.4, 0.5) is 5.82 Å². The smallest absolute Gasteiger partial charge is 0.301 e. The number of aromatic nitrogens is 1. The molecule has 1 N–H and O–H groups in total. The molecule has 0 bridgehead atoms. The second-order valence-corrected chi connectivity index (χ2v) is 6.65. The molecule has 1 saturated heterocycles. The van der Waals surface area contributed by atoms with E-state index in [-0.39, 0.29) is 11.3 Å². The van der Waals surface area contributed by atoms with Crippen molar-refractivity contribution in [3.8, 4) is 0 Å². The molecule has 138 valence electrons. The fraction of sp³-hybridized carbons (Fsp3) is 0.0455. The SMILES string of the molecule is O=C1C(=O)N(c2ccccn2)[C@H](c2ccccc2Cl)C1=C(O)c1ccccc1. The first-order chi connectivity index (χ1) is 13.6. The van der Waals surface area contributed by atoms with E-state index >= 15 is 0 Å². The summed E-state index contributed by atoms with van der Waals surface area (Å²) >= 11 is 6.39. The van der Waals surface area contributed by atoms with Gasteiger partial charge in [-0.2, -0.15) is 0 Å². The fourth-order valence-corrected chi connectivity index (χ4v) is 3.55. The van der Waals surface area contributed by atoms with Crippen molar-refractivity contribution in [3.05, 3.63) is 101 Å². The lowest BCUT2D eigenvalue weighted by molar-refractivity contribution is -0.132. The van der Waals surface area contributed by atoms with Crippen LogP contribution in [0.25, 0.3) is 5.76 Å². The number of carbonyl (C=O) groups excluding carboxylic acids is 2. The third-order valence-corrected chi connectivity index (χ3v) is 4.93. The molecule has 6 heteroatoms. The Morgan fingerprint density at radius 2 is 1.61 bits per heavy atom. The van der Waals surface area contributed by atoms with Crippen LogP contribution in [0, 0.1) is 0 Å². The number of nitrogens with zero attached hydrogens (tertiary/aromatic N) is 2. The molecule has 2 aromatic carbocycles. The first kappa shape index (κ1) is 17.9. The maximum absolute atomic E-state index is 12.9. The highest BCUT2D eigenvalue weighted by Gasteiger charge is 2.48. The van der Waals surface area contributed by atoms with E-state index in [9.17, 15) is 14.7 Å². The Hall–Kier alpha value is -3.44. The number of rotatable bonds is 3. The highest BCUT2D eigenvalue weighted by Crippen LogP contribution is 2.43. The number of halogens is 1. The Morgan fingerprint density at radius 1 is 0.929 bits per heavy atom. The van der Waals surface area contributed by atoms with E-state index in [4.69, 9.17) is 11.6 Å². The summed E-state index contributed by atoms with van der Waals surface area (Å²) in [7, 11) is 0. The van der Waals surface area contributed by atoms with E-state index in [0.29, 0.717) is 22.0 Å². The maximum atomic E-state index is 12.9. The van der Waals surface area contributed by atoms with Crippen molar-refractivity contribution >= 4 is 34.9 Å². The molecule has 1 aromatic heterocycles. The molecule has 1 atom stereocenters. The van der Waals surface area contributed by atoms with E-state index in [1.54, 1.807) is 72.8 Å². The van der Waals surface area contributed by atoms with E-state index in [2.05, 4.69) is 4.98 Å². The van der Waals surface area contributed by atoms with Crippen molar-refractivity contribution < 1.29 is 14.7 Å². The molecule has 1 fully saturated rings. The number of anilines is 1. The lowest BCUT2D eigenvalue weighted by Crippen LogP contribution is -2.30. The van der Waals surface area contributed by atoms with Gasteiger partial charge in [0.1, 0.15) is 11.6 Å². The highest BCUT2D eigenvalue weighted by atomic mass is 35.5. The summed E-state index contributed by atoms with van der Waals surface area (Å²) < 4.78 is 0. The number of hydrogen-bond donors (Lipinski definition) is 1. The predicted octanol–water partition coefficient (Wildman–Crippen LogP) is 4.36. The molecule has 0 aliphatic carbocycles. The number of pyridine rings is 1. The number of Topliss-reactive ketones (excluding diaryl/α,β-unsaturated/α-hetero) is 1. The fourth-order valence-electron chi connectivity index (χ4n) is 3.31. The molecule has 0 spiro atoms. The Bertz CT molecular complexity index is 1080. The molecular weight excluding hydrogens is 376 g/mol. The first-order valence-corrected chi connectivity index (χ1v) is 8.99. The van der Waals surface area contributed by atoms with Gasteiger partial charge in [0.25, 0.3) is 5.78 Å². The molecule has 3 aromatic rings. The largest absolute Gasteiger partial charge is 0.507 e. The van der Waals surface area contributed by atoms with E-state index < -0.39 is 17.7 Å². The molecule has 0 unspecified atom stereocenters. The standard InChI is InChI=1S/C22H15ClN2O3/c23-16-11-5-4-10-15(16)19-18(20(26)14-8-2-1-3-9-14)21(27)22(28)25(19)17-12-6-7-13-24-17/h1-13,19,26H/t19-/m1/s1. The van der Waals surface area contributed by atoms with Crippen molar-refractivity contribution in [1.82, 2.24) is 4.98 Å². The van der Waals surface area contributed by atoms with E-state index in [1.807, 2.05) is 0 Å². The molecule has 28 heavy (non-hydrogen) atoms. The van der Waals surface area contributed by atoms with Crippen LogP contribution in [0.5, 0.6) is 0 Å². The quantitative estimate of drug-likeness (QED) is 0.410. The molecular formula is C22H15ClN2O3. The van der Waals surface area contributed by atoms with Gasteiger partial charge in [0.05, 0.1) is 11.6 Å². The second-order valence-electron chi connectivity index (χ2n) is 6.24. The van der Waals surface area contributed by atoms with Gasteiger partial charge in [0.15, 0.2) is 0 Å². The summed E-state index contributed by atoms with van der Waals surface area (Å²) in [6, 6.07) is 19.8. The number of ketones is 1.